The monoisotopic (exact) mass is 292 g/mol. The van der Waals surface area contributed by atoms with Gasteiger partial charge in [0.1, 0.15) is 30.3 Å². The first kappa shape index (κ1) is 14.2. The highest BCUT2D eigenvalue weighted by Crippen LogP contribution is 2.23. The van der Waals surface area contributed by atoms with Crippen molar-refractivity contribution < 1.29 is 19.4 Å². The van der Waals surface area contributed by atoms with E-state index in [1.165, 1.54) is 12.1 Å². The summed E-state index contributed by atoms with van der Waals surface area (Å²) in [6.45, 7) is 0.251. The number of para-hydroxylation sites is 2. The predicted molar refractivity (Wildman–Crippen MR) is 75.3 cm³/mol. The standard InChI is InChI=1S/C15H13ClO4/c16-12-6-2-4-8-14(12)19-9-10-20-15(18)11-5-1-3-7-13(11)17/h1-8,17H,9-10H2. The Morgan fingerprint density at radius 1 is 1.05 bits per heavy atom. The van der Waals surface area contributed by atoms with E-state index in [0.717, 1.165) is 0 Å². The molecule has 0 aromatic heterocycles. The number of esters is 1. The lowest BCUT2D eigenvalue weighted by molar-refractivity contribution is 0.0447. The minimum atomic E-state index is -0.592. The van der Waals surface area contributed by atoms with Gasteiger partial charge in [0.15, 0.2) is 0 Å². The molecule has 0 unspecified atom stereocenters. The van der Waals surface area contributed by atoms with Gasteiger partial charge >= 0.3 is 5.97 Å². The zero-order valence-corrected chi connectivity index (χ0v) is 11.3. The topological polar surface area (TPSA) is 55.8 Å². The Balaban J connectivity index is 1.81. The Kier molecular flexibility index (Phi) is 4.85. The molecule has 1 N–H and O–H groups in total. The predicted octanol–water partition coefficient (Wildman–Crippen LogP) is 3.28. The number of phenols is 1. The van der Waals surface area contributed by atoms with Gasteiger partial charge in [0.2, 0.25) is 0 Å². The Bertz CT molecular complexity index is 598. The van der Waals surface area contributed by atoms with E-state index in [-0.39, 0.29) is 24.5 Å². The van der Waals surface area contributed by atoms with E-state index in [9.17, 15) is 9.90 Å². The molecule has 2 aromatic rings. The number of hydrogen-bond donors (Lipinski definition) is 1. The van der Waals surface area contributed by atoms with Crippen LogP contribution in [0.15, 0.2) is 48.5 Å². The van der Waals surface area contributed by atoms with Crippen LogP contribution >= 0.6 is 11.6 Å². The normalized spacial score (nSPS) is 10.1. The molecule has 5 heteroatoms. The molecule has 0 amide bonds. The number of rotatable bonds is 5. The van der Waals surface area contributed by atoms with Crippen molar-refractivity contribution in [3.63, 3.8) is 0 Å². The molecule has 0 aliphatic carbocycles. The van der Waals surface area contributed by atoms with Crippen molar-refractivity contribution in [1.82, 2.24) is 0 Å². The lowest BCUT2D eigenvalue weighted by Crippen LogP contribution is -2.12. The van der Waals surface area contributed by atoms with Gasteiger partial charge in [-0.2, -0.15) is 0 Å². The second kappa shape index (κ2) is 6.82. The minimum Gasteiger partial charge on any atom is -0.507 e. The summed E-state index contributed by atoms with van der Waals surface area (Å²) < 4.78 is 10.4. The Labute approximate surface area is 121 Å². The Morgan fingerprint density at radius 3 is 2.50 bits per heavy atom. The molecule has 0 spiro atoms. The summed E-state index contributed by atoms with van der Waals surface area (Å²) in [6.07, 6.45) is 0. The summed E-state index contributed by atoms with van der Waals surface area (Å²) in [7, 11) is 0. The summed E-state index contributed by atoms with van der Waals surface area (Å²) in [4.78, 5) is 11.7. The number of phenolic OH excluding ortho intramolecular Hbond substituents is 1. The van der Waals surface area contributed by atoms with E-state index >= 15 is 0 Å². The van der Waals surface area contributed by atoms with Crippen LogP contribution in [0.3, 0.4) is 0 Å². The van der Waals surface area contributed by atoms with Crippen LogP contribution in [0.25, 0.3) is 0 Å². The highest BCUT2D eigenvalue weighted by molar-refractivity contribution is 6.32. The highest BCUT2D eigenvalue weighted by atomic mass is 35.5. The SMILES string of the molecule is O=C(OCCOc1ccccc1Cl)c1ccccc1O. The maximum absolute atomic E-state index is 11.7. The fourth-order valence-electron chi connectivity index (χ4n) is 1.57. The molecular formula is C15H13ClO4. The van der Waals surface area contributed by atoms with E-state index < -0.39 is 5.97 Å². The maximum atomic E-state index is 11.7. The van der Waals surface area contributed by atoms with Gasteiger partial charge in [-0.15, -0.1) is 0 Å². The van der Waals surface area contributed by atoms with Crippen LogP contribution in [0.5, 0.6) is 11.5 Å². The quantitative estimate of drug-likeness (QED) is 0.679. The van der Waals surface area contributed by atoms with E-state index in [4.69, 9.17) is 21.1 Å². The summed E-state index contributed by atoms with van der Waals surface area (Å²) >= 11 is 5.92. The van der Waals surface area contributed by atoms with Crippen LogP contribution in [-0.2, 0) is 4.74 Å². The third-order valence-corrected chi connectivity index (χ3v) is 2.85. The zero-order valence-electron chi connectivity index (χ0n) is 10.6. The van der Waals surface area contributed by atoms with Crippen LogP contribution < -0.4 is 4.74 Å². The van der Waals surface area contributed by atoms with Gasteiger partial charge in [-0.25, -0.2) is 4.79 Å². The van der Waals surface area contributed by atoms with Gasteiger partial charge in [0.25, 0.3) is 0 Å². The fourth-order valence-corrected chi connectivity index (χ4v) is 1.76. The molecular weight excluding hydrogens is 280 g/mol. The lowest BCUT2D eigenvalue weighted by Gasteiger charge is -2.09. The van der Waals surface area contributed by atoms with E-state index in [1.807, 2.05) is 0 Å². The Morgan fingerprint density at radius 2 is 1.75 bits per heavy atom. The van der Waals surface area contributed by atoms with E-state index in [1.54, 1.807) is 36.4 Å². The third-order valence-electron chi connectivity index (χ3n) is 2.53. The highest BCUT2D eigenvalue weighted by Gasteiger charge is 2.11. The van der Waals surface area contributed by atoms with Crippen molar-refractivity contribution in [2.45, 2.75) is 0 Å². The van der Waals surface area contributed by atoms with Crippen molar-refractivity contribution in [3.8, 4) is 11.5 Å². The molecule has 2 aromatic carbocycles. The van der Waals surface area contributed by atoms with Crippen LogP contribution in [-0.4, -0.2) is 24.3 Å². The van der Waals surface area contributed by atoms with Gasteiger partial charge in [-0.05, 0) is 24.3 Å². The summed E-state index contributed by atoms with van der Waals surface area (Å²) in [5, 5.41) is 10.0. The largest absolute Gasteiger partial charge is 0.507 e. The molecule has 4 nitrogen and oxygen atoms in total. The number of benzene rings is 2. The molecule has 0 heterocycles. The molecule has 0 bridgehead atoms. The first-order valence-electron chi connectivity index (χ1n) is 6.01. The third kappa shape index (κ3) is 3.65. The maximum Gasteiger partial charge on any atom is 0.342 e. The average molecular weight is 293 g/mol. The number of halogens is 1. The molecule has 0 aliphatic heterocycles. The fraction of sp³-hybridized carbons (Fsp3) is 0.133. The number of ether oxygens (including phenoxy) is 2. The van der Waals surface area contributed by atoms with Gasteiger partial charge in [0.05, 0.1) is 5.02 Å². The van der Waals surface area contributed by atoms with Gasteiger partial charge in [-0.3, -0.25) is 0 Å². The number of carbonyl (C=O) groups is 1. The van der Waals surface area contributed by atoms with Crippen molar-refractivity contribution in [2.75, 3.05) is 13.2 Å². The summed E-state index contributed by atoms with van der Waals surface area (Å²) in [6, 6.07) is 13.2. The van der Waals surface area contributed by atoms with Crippen LogP contribution in [0.2, 0.25) is 5.02 Å². The number of carbonyl (C=O) groups excluding carboxylic acids is 1. The summed E-state index contributed by atoms with van der Waals surface area (Å²) in [5.41, 5.74) is 0.130. The first-order chi connectivity index (χ1) is 9.68. The molecule has 0 saturated carbocycles. The molecule has 0 radical (unpaired) electrons. The van der Waals surface area contributed by atoms with E-state index in [2.05, 4.69) is 0 Å². The van der Waals surface area contributed by atoms with Crippen LogP contribution in [0.1, 0.15) is 10.4 Å². The van der Waals surface area contributed by atoms with Crippen LogP contribution in [0.4, 0.5) is 0 Å². The Hall–Kier alpha value is -2.20. The molecule has 2 rings (SSSR count). The number of aromatic hydroxyl groups is 1. The van der Waals surface area contributed by atoms with Gasteiger partial charge in [-0.1, -0.05) is 35.9 Å². The minimum absolute atomic E-state index is 0.0678. The number of hydrogen-bond acceptors (Lipinski definition) is 4. The molecule has 20 heavy (non-hydrogen) atoms. The summed E-state index contributed by atoms with van der Waals surface area (Å²) in [5.74, 6) is -0.164. The van der Waals surface area contributed by atoms with Gasteiger partial charge < -0.3 is 14.6 Å². The second-order valence-electron chi connectivity index (χ2n) is 3.93. The van der Waals surface area contributed by atoms with Crippen molar-refractivity contribution >= 4 is 17.6 Å². The van der Waals surface area contributed by atoms with Gasteiger partial charge in [0, 0.05) is 0 Å². The zero-order chi connectivity index (χ0) is 14.4. The first-order valence-corrected chi connectivity index (χ1v) is 6.38. The second-order valence-corrected chi connectivity index (χ2v) is 4.34. The molecule has 0 saturated heterocycles. The molecule has 0 fully saturated rings. The van der Waals surface area contributed by atoms with E-state index in [0.29, 0.717) is 10.8 Å². The lowest BCUT2D eigenvalue weighted by atomic mass is 10.2. The molecule has 0 aliphatic rings. The van der Waals surface area contributed by atoms with Crippen LogP contribution in [0, 0.1) is 0 Å². The average Bonchev–Trinajstić information content (AvgIpc) is 2.45. The van der Waals surface area contributed by atoms with Crippen molar-refractivity contribution in [1.29, 1.82) is 0 Å². The smallest absolute Gasteiger partial charge is 0.342 e. The van der Waals surface area contributed by atoms with Crippen molar-refractivity contribution in [2.24, 2.45) is 0 Å². The molecule has 104 valence electrons. The van der Waals surface area contributed by atoms with Crippen molar-refractivity contribution in [3.05, 3.63) is 59.1 Å². The molecule has 0 atom stereocenters.